The first-order valence-corrected chi connectivity index (χ1v) is 3.88. The molecule has 2 aliphatic rings. The van der Waals surface area contributed by atoms with E-state index in [9.17, 15) is 0 Å². The summed E-state index contributed by atoms with van der Waals surface area (Å²) in [6, 6.07) is 2.28. The van der Waals surface area contributed by atoms with Crippen molar-refractivity contribution < 1.29 is 4.74 Å². The summed E-state index contributed by atoms with van der Waals surface area (Å²) in [5.74, 6) is 0.0394. The molecule has 11 heavy (non-hydrogen) atoms. The van der Waals surface area contributed by atoms with Gasteiger partial charge in [0.2, 0.25) is 0 Å². The van der Waals surface area contributed by atoms with Crippen molar-refractivity contribution in [1.29, 1.82) is 5.26 Å². The number of nitriles is 1. The molecule has 58 valence electrons. The molecule has 2 heteroatoms. The highest BCUT2D eigenvalue weighted by Gasteiger charge is 2.53. The van der Waals surface area contributed by atoms with Crippen molar-refractivity contribution in [2.45, 2.75) is 31.5 Å². The van der Waals surface area contributed by atoms with Crippen LogP contribution < -0.4 is 0 Å². The Morgan fingerprint density at radius 2 is 2.27 bits per heavy atom. The van der Waals surface area contributed by atoms with Gasteiger partial charge in [-0.3, -0.25) is 0 Å². The van der Waals surface area contributed by atoms with E-state index in [2.05, 4.69) is 12.1 Å². The van der Waals surface area contributed by atoms with E-state index in [0.717, 1.165) is 6.42 Å². The van der Waals surface area contributed by atoms with Crippen molar-refractivity contribution in [2.75, 3.05) is 0 Å². The highest BCUT2D eigenvalue weighted by atomic mass is 16.5. The minimum absolute atomic E-state index is 0.0394. The van der Waals surface area contributed by atoms with Crippen molar-refractivity contribution >= 4 is 0 Å². The first-order chi connectivity index (χ1) is 5.08. The second-order valence-corrected chi connectivity index (χ2v) is 3.82. The van der Waals surface area contributed by atoms with E-state index in [4.69, 9.17) is 10.00 Å². The number of hydrogen-bond acceptors (Lipinski definition) is 2. The molecule has 1 fully saturated rings. The van der Waals surface area contributed by atoms with Gasteiger partial charge in [0, 0.05) is 0 Å². The van der Waals surface area contributed by atoms with Gasteiger partial charge in [-0.15, -0.1) is 0 Å². The molecule has 0 saturated carbocycles. The van der Waals surface area contributed by atoms with Gasteiger partial charge in [-0.25, -0.2) is 0 Å². The maximum absolute atomic E-state index is 8.80. The van der Waals surface area contributed by atoms with Crippen LogP contribution in [0.5, 0.6) is 0 Å². The maximum Gasteiger partial charge on any atom is 0.101 e. The van der Waals surface area contributed by atoms with Crippen LogP contribution in [0.15, 0.2) is 12.2 Å². The van der Waals surface area contributed by atoms with E-state index in [1.165, 1.54) is 0 Å². The van der Waals surface area contributed by atoms with E-state index in [1.807, 2.05) is 19.9 Å². The minimum Gasteiger partial charge on any atom is -0.360 e. The molecule has 2 nitrogen and oxygen atoms in total. The molecule has 0 spiro atoms. The van der Waals surface area contributed by atoms with Gasteiger partial charge in [-0.05, 0) is 20.3 Å². The fourth-order valence-corrected chi connectivity index (χ4v) is 1.99. The van der Waals surface area contributed by atoms with Gasteiger partial charge in [0.1, 0.15) is 5.60 Å². The normalized spacial score (nSPS) is 53.0. The van der Waals surface area contributed by atoms with E-state index in [1.54, 1.807) is 0 Å². The lowest BCUT2D eigenvalue weighted by Gasteiger charge is -2.19. The zero-order valence-corrected chi connectivity index (χ0v) is 6.79. The summed E-state index contributed by atoms with van der Waals surface area (Å²) in [7, 11) is 0. The molecular formula is C9H11NO. The molecule has 3 atom stereocenters. The SMILES string of the molecule is C[C@]12C=C[C@](C)(O1)[C@@H](C#N)C2. The molecule has 2 rings (SSSR count). The Labute approximate surface area is 66.5 Å². The molecule has 2 bridgehead atoms. The van der Waals surface area contributed by atoms with Crippen molar-refractivity contribution in [3.8, 4) is 6.07 Å². The van der Waals surface area contributed by atoms with Crippen LogP contribution in [0.1, 0.15) is 20.3 Å². The predicted octanol–water partition coefficient (Wildman–Crippen LogP) is 1.63. The lowest BCUT2D eigenvalue weighted by molar-refractivity contribution is -0.0162. The molecule has 2 heterocycles. The molecule has 0 aromatic rings. The predicted molar refractivity (Wildman–Crippen MR) is 40.8 cm³/mol. The molecule has 2 aliphatic heterocycles. The Bertz CT molecular complexity index is 265. The van der Waals surface area contributed by atoms with Crippen LogP contribution in [0.3, 0.4) is 0 Å². The fraction of sp³-hybridized carbons (Fsp3) is 0.667. The molecule has 1 saturated heterocycles. The highest BCUT2D eigenvalue weighted by Crippen LogP contribution is 2.48. The van der Waals surface area contributed by atoms with Crippen LogP contribution >= 0.6 is 0 Å². The van der Waals surface area contributed by atoms with Crippen LogP contribution in [-0.2, 0) is 4.74 Å². The Kier molecular flexibility index (Phi) is 1.05. The topological polar surface area (TPSA) is 33.0 Å². The van der Waals surface area contributed by atoms with Crippen LogP contribution in [0, 0.1) is 17.2 Å². The molecule has 0 radical (unpaired) electrons. The van der Waals surface area contributed by atoms with Crippen LogP contribution in [0.25, 0.3) is 0 Å². The Morgan fingerprint density at radius 1 is 1.55 bits per heavy atom. The van der Waals surface area contributed by atoms with E-state index < -0.39 is 0 Å². The Hall–Kier alpha value is -0.810. The summed E-state index contributed by atoms with van der Waals surface area (Å²) in [6.07, 6.45) is 4.93. The van der Waals surface area contributed by atoms with Crippen molar-refractivity contribution in [3.63, 3.8) is 0 Å². The lowest BCUT2D eigenvalue weighted by atomic mass is 9.82. The second kappa shape index (κ2) is 1.67. The van der Waals surface area contributed by atoms with Gasteiger partial charge in [0.25, 0.3) is 0 Å². The molecule has 0 aromatic carbocycles. The van der Waals surface area contributed by atoms with Crippen LogP contribution in [0.4, 0.5) is 0 Å². The number of nitrogens with zero attached hydrogens (tertiary/aromatic N) is 1. The maximum atomic E-state index is 8.80. The number of ether oxygens (including phenoxy) is 1. The number of fused-ring (bicyclic) bond motifs is 2. The number of rotatable bonds is 0. The minimum atomic E-state index is -0.302. The standard InChI is InChI=1S/C9H11NO/c1-8-3-4-9(2,11-8)7(5-8)6-10/h3-4,7H,5H2,1-2H3/t7-,8-,9+/m1/s1. The first kappa shape index (κ1) is 6.87. The van der Waals surface area contributed by atoms with Gasteiger partial charge < -0.3 is 4.74 Å². The van der Waals surface area contributed by atoms with Gasteiger partial charge in [-0.1, -0.05) is 12.2 Å². The summed E-state index contributed by atoms with van der Waals surface area (Å²) in [5.41, 5.74) is -0.460. The molecule has 0 amide bonds. The highest BCUT2D eigenvalue weighted by molar-refractivity contribution is 5.27. The molecular weight excluding hydrogens is 138 g/mol. The average Bonchev–Trinajstić information content (AvgIpc) is 2.36. The molecule has 0 N–H and O–H groups in total. The summed E-state index contributed by atoms with van der Waals surface area (Å²) in [4.78, 5) is 0. The van der Waals surface area contributed by atoms with E-state index >= 15 is 0 Å². The van der Waals surface area contributed by atoms with Crippen LogP contribution in [-0.4, -0.2) is 11.2 Å². The third-order valence-corrected chi connectivity index (χ3v) is 2.68. The Morgan fingerprint density at radius 3 is 2.55 bits per heavy atom. The van der Waals surface area contributed by atoms with Gasteiger partial charge in [0.15, 0.2) is 0 Å². The molecule has 0 aliphatic carbocycles. The zero-order chi connectivity index (χ0) is 8.11. The van der Waals surface area contributed by atoms with E-state index in [-0.39, 0.29) is 17.1 Å². The summed E-state index contributed by atoms with van der Waals surface area (Å²) >= 11 is 0. The summed E-state index contributed by atoms with van der Waals surface area (Å²) in [6.45, 7) is 4.02. The van der Waals surface area contributed by atoms with Crippen molar-refractivity contribution in [3.05, 3.63) is 12.2 Å². The smallest absolute Gasteiger partial charge is 0.101 e. The van der Waals surface area contributed by atoms with Gasteiger partial charge >= 0.3 is 0 Å². The first-order valence-electron chi connectivity index (χ1n) is 3.88. The number of hydrogen-bond donors (Lipinski definition) is 0. The average molecular weight is 149 g/mol. The lowest BCUT2D eigenvalue weighted by Crippen LogP contribution is -2.26. The van der Waals surface area contributed by atoms with Gasteiger partial charge in [-0.2, -0.15) is 5.26 Å². The Balaban J connectivity index is 2.39. The molecule has 0 aromatic heterocycles. The van der Waals surface area contributed by atoms with Gasteiger partial charge in [0.05, 0.1) is 17.6 Å². The summed E-state index contributed by atoms with van der Waals surface area (Å²) < 4.78 is 5.72. The summed E-state index contributed by atoms with van der Waals surface area (Å²) in [5, 5.41) is 8.80. The monoisotopic (exact) mass is 149 g/mol. The van der Waals surface area contributed by atoms with E-state index in [0.29, 0.717) is 0 Å². The fourth-order valence-electron chi connectivity index (χ4n) is 1.99. The largest absolute Gasteiger partial charge is 0.360 e. The quantitative estimate of drug-likeness (QED) is 0.490. The molecule has 0 unspecified atom stereocenters. The second-order valence-electron chi connectivity index (χ2n) is 3.82. The zero-order valence-electron chi connectivity index (χ0n) is 6.79. The third-order valence-electron chi connectivity index (χ3n) is 2.68. The van der Waals surface area contributed by atoms with Crippen molar-refractivity contribution in [1.82, 2.24) is 0 Å². The third kappa shape index (κ3) is 0.749. The van der Waals surface area contributed by atoms with Crippen LogP contribution in [0.2, 0.25) is 0 Å². The van der Waals surface area contributed by atoms with Crippen molar-refractivity contribution in [2.24, 2.45) is 5.92 Å².